The Morgan fingerprint density at radius 1 is 1.15 bits per heavy atom. The van der Waals surface area contributed by atoms with Crippen LogP contribution in [0.25, 0.3) is 5.69 Å². The first-order valence-corrected chi connectivity index (χ1v) is 9.47. The molecule has 0 aliphatic heterocycles. The van der Waals surface area contributed by atoms with E-state index in [4.69, 9.17) is 0 Å². The maximum atomic E-state index is 11.9. The number of nitrogens with zero attached hydrogens (tertiary/aromatic N) is 1. The minimum absolute atomic E-state index is 0.427. The van der Waals surface area contributed by atoms with Crippen LogP contribution in [0.3, 0.4) is 0 Å². The van der Waals surface area contributed by atoms with Gasteiger partial charge in [-0.05, 0) is 64.6 Å². The van der Waals surface area contributed by atoms with Crippen molar-refractivity contribution in [1.29, 1.82) is 0 Å². The van der Waals surface area contributed by atoms with Crippen molar-refractivity contribution < 1.29 is 9.90 Å². The van der Waals surface area contributed by atoms with Gasteiger partial charge in [0.15, 0.2) is 0 Å². The molecule has 0 radical (unpaired) electrons. The Balaban J connectivity index is 1.77. The summed E-state index contributed by atoms with van der Waals surface area (Å²) in [5, 5.41) is 13.2. The molecule has 2 aromatic rings. The number of hydrogen-bond donors (Lipinski definition) is 2. The first-order valence-electron chi connectivity index (χ1n) is 9.47. The van der Waals surface area contributed by atoms with Crippen molar-refractivity contribution in [3.63, 3.8) is 0 Å². The molecule has 1 aromatic heterocycles. The lowest BCUT2D eigenvalue weighted by atomic mass is 9.97. The highest BCUT2D eigenvalue weighted by molar-refractivity contribution is 5.91. The highest BCUT2D eigenvalue weighted by Crippen LogP contribution is 2.26. The lowest BCUT2D eigenvalue weighted by molar-refractivity contribution is 0.0695. The van der Waals surface area contributed by atoms with Gasteiger partial charge in [-0.15, -0.1) is 0 Å². The van der Waals surface area contributed by atoms with E-state index in [0.29, 0.717) is 12.1 Å². The molecule has 3 rings (SSSR count). The molecule has 4 nitrogen and oxygen atoms in total. The fourth-order valence-corrected chi connectivity index (χ4v) is 3.96. The minimum atomic E-state index is -0.855. The van der Waals surface area contributed by atoms with Crippen molar-refractivity contribution in [2.24, 2.45) is 0 Å². The molecule has 0 spiro atoms. The summed E-state index contributed by atoms with van der Waals surface area (Å²) in [6.45, 7) is 5.37. The van der Waals surface area contributed by atoms with Crippen molar-refractivity contribution in [3.8, 4) is 5.69 Å². The van der Waals surface area contributed by atoms with Gasteiger partial charge in [-0.25, -0.2) is 4.79 Å². The van der Waals surface area contributed by atoms with Gasteiger partial charge in [0.05, 0.1) is 5.56 Å². The lowest BCUT2D eigenvalue weighted by Gasteiger charge is -2.13. The fraction of sp³-hybridized carbons (Fsp3) is 0.409. The van der Waals surface area contributed by atoms with Gasteiger partial charge >= 0.3 is 5.97 Å². The van der Waals surface area contributed by atoms with Crippen LogP contribution >= 0.6 is 0 Å². The number of allylic oxidation sites excluding steroid dienone is 1. The second-order valence-corrected chi connectivity index (χ2v) is 7.04. The Morgan fingerprint density at radius 3 is 2.58 bits per heavy atom. The Hall–Kier alpha value is -2.33. The van der Waals surface area contributed by atoms with Crippen LogP contribution in [0.4, 0.5) is 0 Å². The van der Waals surface area contributed by atoms with Crippen LogP contribution in [0.1, 0.15) is 59.4 Å². The number of para-hydroxylation sites is 1. The zero-order chi connectivity index (χ0) is 18.5. The second kappa shape index (κ2) is 8.37. The molecule has 0 fully saturated rings. The molecule has 1 aromatic carbocycles. The number of hydrogen-bond acceptors (Lipinski definition) is 2. The smallest absolute Gasteiger partial charge is 0.337 e. The molecule has 26 heavy (non-hydrogen) atoms. The van der Waals surface area contributed by atoms with E-state index in [0.717, 1.165) is 35.6 Å². The summed E-state index contributed by atoms with van der Waals surface area (Å²) in [7, 11) is 0. The summed E-state index contributed by atoms with van der Waals surface area (Å²) in [6, 6.07) is 9.95. The SMILES string of the molecule is Cc1c(CNCCC2=CCCCC2)c(C(=O)O)c(C)n1-c1ccccc1. The Kier molecular flexibility index (Phi) is 5.94. The van der Waals surface area contributed by atoms with Gasteiger partial charge in [0.1, 0.15) is 0 Å². The third kappa shape index (κ3) is 3.91. The van der Waals surface area contributed by atoms with Crippen LogP contribution in [-0.4, -0.2) is 22.2 Å². The van der Waals surface area contributed by atoms with Gasteiger partial charge in [0, 0.05) is 29.2 Å². The molecule has 4 heteroatoms. The molecule has 1 aliphatic carbocycles. The molecule has 0 unspecified atom stereocenters. The minimum Gasteiger partial charge on any atom is -0.478 e. The topological polar surface area (TPSA) is 54.3 Å². The predicted molar refractivity (Wildman–Crippen MR) is 105 cm³/mol. The molecule has 1 aliphatic rings. The quantitative estimate of drug-likeness (QED) is 0.557. The molecule has 2 N–H and O–H groups in total. The average Bonchev–Trinajstić information content (AvgIpc) is 2.90. The summed E-state index contributed by atoms with van der Waals surface area (Å²) in [5.41, 5.74) is 5.64. The molecule has 0 bridgehead atoms. The van der Waals surface area contributed by atoms with Crippen molar-refractivity contribution in [3.05, 3.63) is 64.5 Å². The third-order valence-electron chi connectivity index (χ3n) is 5.31. The third-order valence-corrected chi connectivity index (χ3v) is 5.31. The van der Waals surface area contributed by atoms with Gasteiger partial charge < -0.3 is 15.0 Å². The van der Waals surface area contributed by atoms with E-state index in [-0.39, 0.29) is 0 Å². The summed E-state index contributed by atoms with van der Waals surface area (Å²) in [4.78, 5) is 11.9. The summed E-state index contributed by atoms with van der Waals surface area (Å²) >= 11 is 0. The summed E-state index contributed by atoms with van der Waals surface area (Å²) < 4.78 is 2.05. The van der Waals surface area contributed by atoms with Crippen LogP contribution in [0.5, 0.6) is 0 Å². The van der Waals surface area contributed by atoms with Crippen LogP contribution in [-0.2, 0) is 6.54 Å². The van der Waals surface area contributed by atoms with Crippen molar-refractivity contribution in [2.45, 2.75) is 52.5 Å². The molecular formula is C22H28N2O2. The van der Waals surface area contributed by atoms with Gasteiger partial charge in [-0.2, -0.15) is 0 Å². The van der Waals surface area contributed by atoms with E-state index < -0.39 is 5.97 Å². The van der Waals surface area contributed by atoms with Crippen LogP contribution < -0.4 is 5.32 Å². The van der Waals surface area contributed by atoms with E-state index >= 15 is 0 Å². The van der Waals surface area contributed by atoms with E-state index in [1.807, 2.05) is 48.7 Å². The van der Waals surface area contributed by atoms with E-state index in [9.17, 15) is 9.90 Å². The molecule has 138 valence electrons. The first kappa shape index (κ1) is 18.5. The van der Waals surface area contributed by atoms with Gasteiger partial charge in [-0.3, -0.25) is 0 Å². The van der Waals surface area contributed by atoms with E-state index in [2.05, 4.69) is 11.4 Å². The molecular weight excluding hydrogens is 324 g/mol. The van der Waals surface area contributed by atoms with Gasteiger partial charge in [-0.1, -0.05) is 29.8 Å². The number of benzene rings is 1. The zero-order valence-corrected chi connectivity index (χ0v) is 15.7. The van der Waals surface area contributed by atoms with Crippen molar-refractivity contribution in [1.82, 2.24) is 9.88 Å². The van der Waals surface area contributed by atoms with E-state index in [1.165, 1.54) is 31.3 Å². The second-order valence-electron chi connectivity index (χ2n) is 7.04. The normalized spacial score (nSPS) is 14.3. The maximum Gasteiger partial charge on any atom is 0.337 e. The Morgan fingerprint density at radius 2 is 1.92 bits per heavy atom. The molecule has 1 heterocycles. The molecule has 0 amide bonds. The largest absolute Gasteiger partial charge is 0.478 e. The van der Waals surface area contributed by atoms with Crippen molar-refractivity contribution in [2.75, 3.05) is 6.54 Å². The Labute approximate surface area is 155 Å². The zero-order valence-electron chi connectivity index (χ0n) is 15.7. The highest BCUT2D eigenvalue weighted by atomic mass is 16.4. The average molecular weight is 352 g/mol. The number of carbonyl (C=O) groups is 1. The predicted octanol–water partition coefficient (Wildman–Crippen LogP) is 4.77. The molecule has 0 atom stereocenters. The molecule has 0 saturated carbocycles. The number of nitrogens with one attached hydrogen (secondary N) is 1. The fourth-order valence-electron chi connectivity index (χ4n) is 3.96. The summed E-state index contributed by atoms with van der Waals surface area (Å²) in [5.74, 6) is -0.855. The van der Waals surface area contributed by atoms with Crippen LogP contribution in [0.2, 0.25) is 0 Å². The maximum absolute atomic E-state index is 11.9. The summed E-state index contributed by atoms with van der Waals surface area (Å²) in [6.07, 6.45) is 8.45. The number of carboxylic acid groups (broad SMARTS) is 1. The first-order chi connectivity index (χ1) is 12.6. The standard InChI is InChI=1S/C22H28N2O2/c1-16-20(15-23-14-13-18-9-5-3-6-10-18)21(22(25)26)17(2)24(16)19-11-7-4-8-12-19/h4,7-9,11-12,23H,3,5-6,10,13-15H2,1-2H3,(H,25,26). The van der Waals surface area contributed by atoms with E-state index in [1.54, 1.807) is 0 Å². The van der Waals surface area contributed by atoms with Gasteiger partial charge in [0.2, 0.25) is 0 Å². The Bertz CT molecular complexity index is 803. The van der Waals surface area contributed by atoms with Crippen molar-refractivity contribution >= 4 is 5.97 Å². The molecule has 0 saturated heterocycles. The van der Waals surface area contributed by atoms with Crippen LogP contribution in [0.15, 0.2) is 42.0 Å². The monoisotopic (exact) mass is 352 g/mol. The van der Waals surface area contributed by atoms with Crippen LogP contribution in [0, 0.1) is 13.8 Å². The number of rotatable bonds is 7. The lowest BCUT2D eigenvalue weighted by Crippen LogP contribution is -2.18. The number of aromatic carboxylic acids is 1. The number of carboxylic acids is 1. The highest BCUT2D eigenvalue weighted by Gasteiger charge is 2.22. The number of aromatic nitrogens is 1. The van der Waals surface area contributed by atoms with Gasteiger partial charge in [0.25, 0.3) is 0 Å².